The number of nitrogens with two attached hydrogens (primary N) is 1. The molecule has 0 bridgehead atoms. The van der Waals surface area contributed by atoms with Crippen LogP contribution in [0.3, 0.4) is 0 Å². The van der Waals surface area contributed by atoms with E-state index in [2.05, 4.69) is 49.4 Å². The molecule has 0 unspecified atom stereocenters. The lowest BCUT2D eigenvalue weighted by atomic mass is 9.79. The maximum Gasteiger partial charge on any atom is 0.232 e. The monoisotopic (exact) mass is 429 g/mol. The van der Waals surface area contributed by atoms with Gasteiger partial charge in [0.15, 0.2) is 0 Å². The number of anilines is 3. The van der Waals surface area contributed by atoms with Crippen LogP contribution in [-0.4, -0.2) is 26.9 Å². The number of hydrogen-bond acceptors (Lipinski definition) is 7. The predicted molar refractivity (Wildman–Crippen MR) is 128 cm³/mol. The number of para-hydroxylation sites is 1. The van der Waals surface area contributed by atoms with E-state index < -0.39 is 0 Å². The maximum absolute atomic E-state index is 9.08. The van der Waals surface area contributed by atoms with Crippen LogP contribution in [-0.2, 0) is 13.1 Å². The largest absolute Gasteiger partial charge is 0.368 e. The lowest BCUT2D eigenvalue weighted by Crippen LogP contribution is -2.20. The highest BCUT2D eigenvalue weighted by atomic mass is 15.2. The topological polar surface area (TPSA) is 104 Å². The summed E-state index contributed by atoms with van der Waals surface area (Å²) in [7, 11) is 1.98. The zero-order valence-corrected chi connectivity index (χ0v) is 19.0. The third-order valence-electron chi connectivity index (χ3n) is 5.37. The van der Waals surface area contributed by atoms with Crippen molar-refractivity contribution in [1.29, 1.82) is 5.26 Å². The average molecular weight is 430 g/mol. The molecule has 4 rings (SSSR count). The minimum absolute atomic E-state index is 0.198. The predicted octanol–water partition coefficient (Wildman–Crippen LogP) is 4.99. The van der Waals surface area contributed by atoms with Crippen LogP contribution in [0, 0.1) is 11.3 Å². The summed E-state index contributed by atoms with van der Waals surface area (Å²) in [5.74, 6) is 1.86. The van der Waals surface area contributed by atoms with Gasteiger partial charge >= 0.3 is 0 Å². The Labute approximate surface area is 190 Å². The first-order valence-electron chi connectivity index (χ1n) is 11.1. The Bertz CT molecular complexity index is 1070. The van der Waals surface area contributed by atoms with Gasteiger partial charge in [-0.2, -0.15) is 20.2 Å². The van der Waals surface area contributed by atoms with E-state index in [0.717, 1.165) is 11.3 Å². The van der Waals surface area contributed by atoms with Crippen molar-refractivity contribution in [2.45, 2.75) is 52.1 Å². The minimum atomic E-state index is 0.198. The molecule has 32 heavy (non-hydrogen) atoms. The summed E-state index contributed by atoms with van der Waals surface area (Å²) in [6, 6.07) is 18.1. The molecule has 0 atom stereocenters. The molecule has 7 nitrogen and oxygen atoms in total. The summed E-state index contributed by atoms with van der Waals surface area (Å²) in [6.07, 6.45) is 3.73. The highest BCUT2D eigenvalue weighted by molar-refractivity contribution is 5.60. The van der Waals surface area contributed by atoms with Crippen molar-refractivity contribution in [3.8, 4) is 6.07 Å². The van der Waals surface area contributed by atoms with Gasteiger partial charge in [0.2, 0.25) is 11.9 Å². The Morgan fingerprint density at radius 3 is 2.56 bits per heavy atom. The number of nitrogens with one attached hydrogen (secondary N) is 1. The maximum atomic E-state index is 9.08. The molecular weight excluding hydrogens is 398 g/mol. The fraction of sp³-hybridized carbons (Fsp3) is 0.360. The quantitative estimate of drug-likeness (QED) is 0.545. The van der Waals surface area contributed by atoms with E-state index in [9.17, 15) is 0 Å². The third kappa shape index (κ3) is 6.02. The second-order valence-corrected chi connectivity index (χ2v) is 7.76. The molecule has 7 heteroatoms. The van der Waals surface area contributed by atoms with Crippen LogP contribution in [0.2, 0.25) is 0 Å². The van der Waals surface area contributed by atoms with Gasteiger partial charge in [-0.15, -0.1) is 0 Å². The second-order valence-electron chi connectivity index (χ2n) is 7.76. The number of aromatic nitrogens is 3. The van der Waals surface area contributed by atoms with Crippen molar-refractivity contribution >= 4 is 17.6 Å². The lowest BCUT2D eigenvalue weighted by molar-refractivity contribution is 0.310. The average Bonchev–Trinajstić information content (AvgIpc) is 2.75. The molecule has 3 aromatic rings. The van der Waals surface area contributed by atoms with Crippen molar-refractivity contribution in [2.75, 3.05) is 18.1 Å². The smallest absolute Gasteiger partial charge is 0.232 e. The molecule has 1 aliphatic carbocycles. The Morgan fingerprint density at radius 2 is 1.84 bits per heavy atom. The molecule has 3 N–H and O–H groups in total. The fourth-order valence-corrected chi connectivity index (χ4v) is 3.72. The Morgan fingerprint density at radius 1 is 1.06 bits per heavy atom. The van der Waals surface area contributed by atoms with Crippen LogP contribution < -0.4 is 11.1 Å². The molecule has 0 spiro atoms. The molecule has 1 aromatic heterocycles. The zero-order valence-electron chi connectivity index (χ0n) is 19.0. The van der Waals surface area contributed by atoms with E-state index in [1.165, 1.54) is 24.8 Å². The van der Waals surface area contributed by atoms with E-state index >= 15 is 0 Å². The molecule has 0 radical (unpaired) electrons. The van der Waals surface area contributed by atoms with Gasteiger partial charge in [-0.05, 0) is 55.1 Å². The number of nitriles is 1. The molecule has 1 aliphatic rings. The summed E-state index contributed by atoms with van der Waals surface area (Å²) in [5, 5.41) is 12.4. The van der Waals surface area contributed by atoms with Crippen molar-refractivity contribution in [3.05, 3.63) is 71.0 Å². The van der Waals surface area contributed by atoms with E-state index in [0.29, 0.717) is 36.3 Å². The second kappa shape index (κ2) is 11.2. The first-order chi connectivity index (χ1) is 15.6. The SMILES string of the molecule is CC.CN(Cc1cccc(C#N)c1)Cc1nc(N)nc(Nc2ccccc2C2CCC2)n1. The molecule has 0 amide bonds. The van der Waals surface area contributed by atoms with Crippen molar-refractivity contribution < 1.29 is 0 Å². The van der Waals surface area contributed by atoms with Crippen LogP contribution in [0.1, 0.15) is 61.5 Å². The van der Waals surface area contributed by atoms with Crippen LogP contribution in [0.4, 0.5) is 17.6 Å². The Kier molecular flexibility index (Phi) is 8.12. The molecule has 0 aliphatic heterocycles. The van der Waals surface area contributed by atoms with Gasteiger partial charge in [0.25, 0.3) is 0 Å². The number of hydrogen-bond donors (Lipinski definition) is 2. The summed E-state index contributed by atoms with van der Waals surface area (Å²) in [5.41, 5.74) is 10.0. The van der Waals surface area contributed by atoms with Gasteiger partial charge in [0.1, 0.15) is 5.82 Å². The Hall–Kier alpha value is -3.50. The zero-order chi connectivity index (χ0) is 22.9. The number of nitrogens with zero attached hydrogens (tertiary/aromatic N) is 5. The van der Waals surface area contributed by atoms with E-state index in [1.54, 1.807) is 6.07 Å². The molecule has 1 saturated carbocycles. The molecule has 166 valence electrons. The van der Waals surface area contributed by atoms with Gasteiger partial charge < -0.3 is 11.1 Å². The van der Waals surface area contributed by atoms with Gasteiger partial charge in [0.05, 0.1) is 18.2 Å². The van der Waals surface area contributed by atoms with Crippen LogP contribution in [0.15, 0.2) is 48.5 Å². The van der Waals surface area contributed by atoms with E-state index in [4.69, 9.17) is 11.0 Å². The first kappa shape index (κ1) is 23.2. The van der Waals surface area contributed by atoms with Crippen molar-refractivity contribution in [3.63, 3.8) is 0 Å². The Balaban J connectivity index is 0.00000141. The number of nitrogen functional groups attached to an aromatic ring is 1. The third-order valence-corrected chi connectivity index (χ3v) is 5.37. The molecule has 2 aromatic carbocycles. The summed E-state index contributed by atoms with van der Waals surface area (Å²) >= 11 is 0. The summed E-state index contributed by atoms with van der Waals surface area (Å²) < 4.78 is 0. The molecular formula is C25H31N7. The minimum Gasteiger partial charge on any atom is -0.368 e. The van der Waals surface area contributed by atoms with Crippen LogP contribution in [0.5, 0.6) is 0 Å². The van der Waals surface area contributed by atoms with Crippen molar-refractivity contribution in [2.24, 2.45) is 0 Å². The first-order valence-corrected chi connectivity index (χ1v) is 11.1. The van der Waals surface area contributed by atoms with Crippen LogP contribution >= 0.6 is 0 Å². The fourth-order valence-electron chi connectivity index (χ4n) is 3.72. The van der Waals surface area contributed by atoms with Gasteiger partial charge in [-0.1, -0.05) is 50.6 Å². The number of benzene rings is 2. The molecule has 0 saturated heterocycles. The van der Waals surface area contributed by atoms with Gasteiger partial charge in [-0.3, -0.25) is 4.90 Å². The summed E-state index contributed by atoms with van der Waals surface area (Å²) in [6.45, 7) is 5.19. The highest BCUT2D eigenvalue weighted by Crippen LogP contribution is 2.40. The normalized spacial score (nSPS) is 13.0. The lowest BCUT2D eigenvalue weighted by Gasteiger charge is -2.27. The van der Waals surface area contributed by atoms with Crippen molar-refractivity contribution in [1.82, 2.24) is 19.9 Å². The highest BCUT2D eigenvalue weighted by Gasteiger charge is 2.22. The van der Waals surface area contributed by atoms with E-state index in [-0.39, 0.29) is 5.95 Å². The van der Waals surface area contributed by atoms with Gasteiger partial charge in [0, 0.05) is 12.2 Å². The van der Waals surface area contributed by atoms with E-state index in [1.807, 2.05) is 45.2 Å². The molecule has 1 heterocycles. The standard InChI is InChI=1S/C23H25N7.C2H6/c1-30(14-17-7-4-6-16(12-17)13-24)15-21-27-22(25)29-23(28-21)26-20-11-3-2-10-19(20)18-8-5-9-18;1-2/h2-4,6-7,10-12,18H,5,8-9,14-15H2,1H3,(H3,25,26,27,28,29);1-2H3. The summed E-state index contributed by atoms with van der Waals surface area (Å²) in [4.78, 5) is 15.2. The number of rotatable bonds is 7. The molecule has 1 fully saturated rings. The van der Waals surface area contributed by atoms with Gasteiger partial charge in [-0.25, -0.2) is 0 Å². The van der Waals surface area contributed by atoms with Crippen LogP contribution in [0.25, 0.3) is 0 Å².